The first-order valence-electron chi connectivity index (χ1n) is 7.04. The number of piperidine rings is 1. The van der Waals surface area contributed by atoms with Crippen LogP contribution in [0.5, 0.6) is 5.75 Å². The van der Waals surface area contributed by atoms with Gasteiger partial charge in [-0.1, -0.05) is 12.1 Å². The third kappa shape index (κ3) is 4.34. The first-order chi connectivity index (χ1) is 9.70. The number of carbonyl (C=O) groups is 1. The van der Waals surface area contributed by atoms with Crippen LogP contribution in [0.4, 0.5) is 0 Å². The fraction of sp³-hybridized carbons (Fsp3) is 0.533. The van der Waals surface area contributed by atoms with Gasteiger partial charge in [0.15, 0.2) is 0 Å². The number of likely N-dealkylation sites (tertiary alicyclic amines) is 1. The Labute approximate surface area is 134 Å². The molecule has 1 fully saturated rings. The third-order valence-electron chi connectivity index (χ3n) is 3.51. The van der Waals surface area contributed by atoms with Crippen LogP contribution >= 0.6 is 22.6 Å². The van der Waals surface area contributed by atoms with Gasteiger partial charge >= 0.3 is 0 Å². The predicted octanol–water partition coefficient (Wildman–Crippen LogP) is 2.27. The molecule has 0 aliphatic carbocycles. The quantitative estimate of drug-likeness (QED) is 0.788. The smallest absolute Gasteiger partial charge is 0.223 e. The molecule has 2 rings (SSSR count). The molecule has 5 heteroatoms. The zero-order valence-electron chi connectivity index (χ0n) is 11.8. The molecule has 0 radical (unpaired) electrons. The van der Waals surface area contributed by atoms with Gasteiger partial charge in [-0.25, -0.2) is 0 Å². The number of amides is 1. The lowest BCUT2D eigenvalue weighted by molar-refractivity contribution is -0.132. The summed E-state index contributed by atoms with van der Waals surface area (Å²) in [6.07, 6.45) is 2.63. The van der Waals surface area contributed by atoms with Gasteiger partial charge in [-0.15, -0.1) is 0 Å². The van der Waals surface area contributed by atoms with E-state index in [0.29, 0.717) is 6.42 Å². The molecular formula is C15H21IN2O2. The van der Waals surface area contributed by atoms with Gasteiger partial charge in [-0.2, -0.15) is 0 Å². The van der Waals surface area contributed by atoms with Crippen molar-refractivity contribution in [2.75, 3.05) is 26.7 Å². The van der Waals surface area contributed by atoms with Crippen molar-refractivity contribution in [3.63, 3.8) is 0 Å². The molecule has 1 aromatic rings. The molecule has 0 unspecified atom stereocenters. The lowest BCUT2D eigenvalue weighted by Gasteiger charge is -2.32. The minimum Gasteiger partial charge on any atom is -0.489 e. The average molecular weight is 388 g/mol. The van der Waals surface area contributed by atoms with E-state index in [4.69, 9.17) is 4.74 Å². The van der Waals surface area contributed by atoms with Crippen molar-refractivity contribution in [2.45, 2.75) is 25.4 Å². The molecule has 110 valence electrons. The van der Waals surface area contributed by atoms with Crippen LogP contribution in [-0.4, -0.2) is 43.6 Å². The standard InChI is InChI=1S/C15H21IN2O2/c1-17-9-6-15(19)18-10-7-12(8-11-18)20-14-5-3-2-4-13(14)16/h2-5,12,17H,6-11H2,1H3. The Morgan fingerprint density at radius 3 is 2.75 bits per heavy atom. The Hall–Kier alpha value is -0.820. The fourth-order valence-corrected chi connectivity index (χ4v) is 2.85. The lowest BCUT2D eigenvalue weighted by Crippen LogP contribution is -2.42. The Bertz CT molecular complexity index is 445. The topological polar surface area (TPSA) is 41.6 Å². The summed E-state index contributed by atoms with van der Waals surface area (Å²) in [5.74, 6) is 1.19. The summed E-state index contributed by atoms with van der Waals surface area (Å²) in [7, 11) is 1.87. The minimum atomic E-state index is 0.222. The number of hydrogen-bond acceptors (Lipinski definition) is 3. The molecule has 1 aliphatic heterocycles. The van der Waals surface area contributed by atoms with Crippen molar-refractivity contribution in [1.82, 2.24) is 10.2 Å². The number of nitrogens with one attached hydrogen (secondary N) is 1. The maximum absolute atomic E-state index is 11.9. The number of halogens is 1. The zero-order chi connectivity index (χ0) is 14.4. The number of benzene rings is 1. The first-order valence-corrected chi connectivity index (χ1v) is 8.12. The van der Waals surface area contributed by atoms with Crippen molar-refractivity contribution in [2.24, 2.45) is 0 Å². The Morgan fingerprint density at radius 1 is 1.40 bits per heavy atom. The van der Waals surface area contributed by atoms with Crippen LogP contribution in [0, 0.1) is 3.57 Å². The zero-order valence-corrected chi connectivity index (χ0v) is 13.9. The van der Waals surface area contributed by atoms with E-state index < -0.39 is 0 Å². The van der Waals surface area contributed by atoms with Gasteiger partial charge < -0.3 is 15.0 Å². The van der Waals surface area contributed by atoms with Crippen LogP contribution in [-0.2, 0) is 4.79 Å². The number of rotatable bonds is 5. The normalized spacial score (nSPS) is 16.2. The monoisotopic (exact) mass is 388 g/mol. The van der Waals surface area contributed by atoms with Crippen molar-refractivity contribution >= 4 is 28.5 Å². The summed E-state index contributed by atoms with van der Waals surface area (Å²) in [6.45, 7) is 2.35. The predicted molar refractivity (Wildman–Crippen MR) is 87.9 cm³/mol. The van der Waals surface area contributed by atoms with E-state index in [2.05, 4.69) is 27.9 Å². The molecule has 1 amide bonds. The van der Waals surface area contributed by atoms with Crippen LogP contribution in [0.1, 0.15) is 19.3 Å². The fourth-order valence-electron chi connectivity index (χ4n) is 2.33. The maximum Gasteiger partial charge on any atom is 0.223 e. The van der Waals surface area contributed by atoms with E-state index >= 15 is 0 Å². The highest BCUT2D eigenvalue weighted by Crippen LogP contribution is 2.24. The van der Waals surface area contributed by atoms with Crippen LogP contribution in [0.25, 0.3) is 0 Å². The highest BCUT2D eigenvalue weighted by atomic mass is 127. The summed E-state index contributed by atoms with van der Waals surface area (Å²) >= 11 is 2.29. The van der Waals surface area contributed by atoms with Crippen molar-refractivity contribution in [1.29, 1.82) is 0 Å². The lowest BCUT2D eigenvalue weighted by atomic mass is 10.1. The van der Waals surface area contributed by atoms with Crippen molar-refractivity contribution < 1.29 is 9.53 Å². The van der Waals surface area contributed by atoms with Gasteiger partial charge in [0.25, 0.3) is 0 Å². The Balaban J connectivity index is 1.80. The second-order valence-corrected chi connectivity index (χ2v) is 6.14. The van der Waals surface area contributed by atoms with Gasteiger partial charge in [-0.3, -0.25) is 4.79 Å². The maximum atomic E-state index is 11.9. The largest absolute Gasteiger partial charge is 0.489 e. The van der Waals surface area contributed by atoms with Crippen LogP contribution in [0.2, 0.25) is 0 Å². The summed E-state index contributed by atoms with van der Waals surface area (Å²) in [5, 5.41) is 3.01. The average Bonchev–Trinajstić information content (AvgIpc) is 2.48. The molecular weight excluding hydrogens is 367 g/mol. The Morgan fingerprint density at radius 2 is 2.10 bits per heavy atom. The molecule has 0 atom stereocenters. The van der Waals surface area contributed by atoms with Gasteiger partial charge in [0.1, 0.15) is 11.9 Å². The molecule has 0 saturated carbocycles. The summed E-state index contributed by atoms with van der Waals surface area (Å²) in [5.41, 5.74) is 0. The van der Waals surface area contributed by atoms with Gasteiger partial charge in [-0.05, 0) is 41.8 Å². The van der Waals surface area contributed by atoms with Crippen LogP contribution < -0.4 is 10.1 Å². The van der Waals surface area contributed by atoms with Crippen molar-refractivity contribution in [3.05, 3.63) is 27.8 Å². The summed E-state index contributed by atoms with van der Waals surface area (Å²) in [4.78, 5) is 13.9. The molecule has 1 N–H and O–H groups in total. The first kappa shape index (κ1) is 15.6. The molecule has 1 heterocycles. The highest BCUT2D eigenvalue weighted by molar-refractivity contribution is 14.1. The number of ether oxygens (including phenoxy) is 1. The van der Waals surface area contributed by atoms with Gasteiger partial charge in [0.05, 0.1) is 3.57 Å². The third-order valence-corrected chi connectivity index (χ3v) is 4.41. The second-order valence-electron chi connectivity index (χ2n) is 4.98. The van der Waals surface area contributed by atoms with Crippen LogP contribution in [0.3, 0.4) is 0 Å². The molecule has 0 spiro atoms. The van der Waals surface area contributed by atoms with Crippen molar-refractivity contribution in [3.8, 4) is 5.75 Å². The molecule has 1 aliphatic rings. The van der Waals surface area contributed by atoms with E-state index in [1.807, 2.05) is 36.2 Å². The molecule has 0 bridgehead atoms. The molecule has 1 aromatic carbocycles. The van der Waals surface area contributed by atoms with Gasteiger partial charge in [0, 0.05) is 38.9 Å². The highest BCUT2D eigenvalue weighted by Gasteiger charge is 2.23. The summed E-state index contributed by atoms with van der Waals surface area (Å²) < 4.78 is 7.17. The number of para-hydroxylation sites is 1. The van der Waals surface area contributed by atoms with E-state index in [0.717, 1.165) is 41.8 Å². The van der Waals surface area contributed by atoms with E-state index in [1.54, 1.807) is 0 Å². The molecule has 20 heavy (non-hydrogen) atoms. The second kappa shape index (κ2) is 7.83. The van der Waals surface area contributed by atoms with E-state index in [1.165, 1.54) is 0 Å². The molecule has 4 nitrogen and oxygen atoms in total. The number of hydrogen-bond donors (Lipinski definition) is 1. The number of nitrogens with zero attached hydrogens (tertiary/aromatic N) is 1. The SMILES string of the molecule is CNCCC(=O)N1CCC(Oc2ccccc2I)CC1. The van der Waals surface area contributed by atoms with E-state index in [-0.39, 0.29) is 12.0 Å². The molecule has 0 aromatic heterocycles. The van der Waals surface area contributed by atoms with Crippen LogP contribution in [0.15, 0.2) is 24.3 Å². The Kier molecular flexibility index (Phi) is 6.09. The minimum absolute atomic E-state index is 0.222. The molecule has 1 saturated heterocycles. The van der Waals surface area contributed by atoms with Gasteiger partial charge in [0.2, 0.25) is 5.91 Å². The summed E-state index contributed by atoms with van der Waals surface area (Å²) in [6, 6.07) is 8.06. The van der Waals surface area contributed by atoms with E-state index in [9.17, 15) is 4.79 Å². The number of carbonyl (C=O) groups excluding carboxylic acids is 1.